The molecule has 0 unspecified atom stereocenters. The van der Waals surface area contributed by atoms with Crippen LogP contribution in [0.25, 0.3) is 5.69 Å². The average Bonchev–Trinajstić information content (AvgIpc) is 3.17. The first-order chi connectivity index (χ1) is 11.6. The van der Waals surface area contributed by atoms with Crippen LogP contribution in [0.15, 0.2) is 30.3 Å². The van der Waals surface area contributed by atoms with Crippen LogP contribution in [-0.4, -0.2) is 34.2 Å². The van der Waals surface area contributed by atoms with Crippen molar-refractivity contribution in [1.29, 1.82) is 0 Å². The summed E-state index contributed by atoms with van der Waals surface area (Å²) >= 11 is 0. The molecule has 2 N–H and O–H groups in total. The Hall–Kier alpha value is -2.63. The summed E-state index contributed by atoms with van der Waals surface area (Å²) in [5.74, 6) is -0.480. The lowest BCUT2D eigenvalue weighted by atomic mass is 10.2. The number of hydrogen-bond donors (Lipinski definition) is 2. The van der Waals surface area contributed by atoms with E-state index >= 15 is 0 Å². The summed E-state index contributed by atoms with van der Waals surface area (Å²) in [5.41, 5.74) is 3.48. The predicted molar refractivity (Wildman–Crippen MR) is 91.2 cm³/mol. The highest BCUT2D eigenvalue weighted by atomic mass is 16.2. The van der Waals surface area contributed by atoms with Gasteiger partial charge in [0.15, 0.2) is 5.69 Å². The SMILES string of the molecule is CCNC(=O)[C@H](C)NC(=O)c1nn(-c2ccccc2)c2c1CCC2. The zero-order chi connectivity index (χ0) is 17.1. The maximum Gasteiger partial charge on any atom is 0.272 e. The number of nitrogens with zero attached hydrogens (tertiary/aromatic N) is 2. The highest BCUT2D eigenvalue weighted by molar-refractivity contribution is 5.97. The Morgan fingerprint density at radius 2 is 2.00 bits per heavy atom. The molecule has 0 bridgehead atoms. The van der Waals surface area contributed by atoms with Gasteiger partial charge in [-0.25, -0.2) is 4.68 Å². The molecule has 0 radical (unpaired) electrons. The van der Waals surface area contributed by atoms with E-state index in [-0.39, 0.29) is 11.8 Å². The van der Waals surface area contributed by atoms with Gasteiger partial charge >= 0.3 is 0 Å². The zero-order valence-electron chi connectivity index (χ0n) is 14.0. The Kier molecular flexibility index (Phi) is 4.64. The number of fused-ring (bicyclic) bond motifs is 1. The summed E-state index contributed by atoms with van der Waals surface area (Å²) in [7, 11) is 0. The molecular formula is C18H22N4O2. The maximum atomic E-state index is 12.6. The van der Waals surface area contributed by atoms with Crippen LogP contribution in [0.1, 0.15) is 42.0 Å². The van der Waals surface area contributed by atoms with E-state index in [0.29, 0.717) is 12.2 Å². The van der Waals surface area contributed by atoms with Crippen molar-refractivity contribution in [1.82, 2.24) is 20.4 Å². The molecule has 1 aliphatic rings. The molecule has 2 aromatic rings. The number of carbonyl (C=O) groups is 2. The zero-order valence-corrected chi connectivity index (χ0v) is 14.0. The first kappa shape index (κ1) is 16.2. The highest BCUT2D eigenvalue weighted by Crippen LogP contribution is 2.27. The van der Waals surface area contributed by atoms with Gasteiger partial charge in [-0.3, -0.25) is 9.59 Å². The van der Waals surface area contributed by atoms with E-state index in [4.69, 9.17) is 0 Å². The molecule has 0 aliphatic heterocycles. The van der Waals surface area contributed by atoms with Crippen molar-refractivity contribution in [3.8, 4) is 5.69 Å². The van der Waals surface area contributed by atoms with E-state index in [1.165, 1.54) is 0 Å². The minimum absolute atomic E-state index is 0.190. The van der Waals surface area contributed by atoms with Gasteiger partial charge in [-0.2, -0.15) is 5.10 Å². The number of rotatable bonds is 5. The quantitative estimate of drug-likeness (QED) is 0.876. The van der Waals surface area contributed by atoms with Crippen molar-refractivity contribution in [2.75, 3.05) is 6.54 Å². The summed E-state index contributed by atoms with van der Waals surface area (Å²) in [6.07, 6.45) is 2.78. The molecule has 0 spiro atoms. The maximum absolute atomic E-state index is 12.6. The second kappa shape index (κ2) is 6.86. The molecule has 6 heteroatoms. The van der Waals surface area contributed by atoms with Gasteiger partial charge in [-0.1, -0.05) is 18.2 Å². The average molecular weight is 326 g/mol. The standard InChI is InChI=1S/C18H22N4O2/c1-3-19-17(23)12(2)20-18(24)16-14-10-7-11-15(14)22(21-16)13-8-5-4-6-9-13/h4-6,8-9,12H,3,7,10-11H2,1-2H3,(H,19,23)(H,20,24)/t12-/m0/s1. The Labute approximate surface area is 141 Å². The monoisotopic (exact) mass is 326 g/mol. The first-order valence-electron chi connectivity index (χ1n) is 8.36. The van der Waals surface area contributed by atoms with Crippen LogP contribution < -0.4 is 10.6 Å². The topological polar surface area (TPSA) is 76.0 Å². The molecule has 126 valence electrons. The van der Waals surface area contributed by atoms with Crippen molar-refractivity contribution < 1.29 is 9.59 Å². The summed E-state index contributed by atoms with van der Waals surface area (Å²) in [4.78, 5) is 24.4. The fourth-order valence-electron chi connectivity index (χ4n) is 3.06. The predicted octanol–water partition coefficient (Wildman–Crippen LogP) is 1.62. The van der Waals surface area contributed by atoms with Crippen LogP contribution in [0.3, 0.4) is 0 Å². The molecule has 0 saturated heterocycles. The third-order valence-electron chi connectivity index (χ3n) is 4.24. The Balaban J connectivity index is 1.87. The van der Waals surface area contributed by atoms with Crippen LogP contribution in [-0.2, 0) is 17.6 Å². The molecule has 3 rings (SSSR count). The molecular weight excluding hydrogens is 304 g/mol. The van der Waals surface area contributed by atoms with E-state index in [0.717, 1.165) is 36.2 Å². The number of hydrogen-bond acceptors (Lipinski definition) is 3. The summed E-state index contributed by atoms with van der Waals surface area (Å²) < 4.78 is 1.86. The van der Waals surface area contributed by atoms with Crippen LogP contribution in [0.5, 0.6) is 0 Å². The smallest absolute Gasteiger partial charge is 0.272 e. The van der Waals surface area contributed by atoms with Crippen LogP contribution in [0.2, 0.25) is 0 Å². The molecule has 0 fully saturated rings. The Morgan fingerprint density at radius 1 is 1.25 bits per heavy atom. The summed E-state index contributed by atoms with van der Waals surface area (Å²) in [6, 6.07) is 9.23. The van der Waals surface area contributed by atoms with E-state index in [2.05, 4.69) is 15.7 Å². The van der Waals surface area contributed by atoms with Crippen LogP contribution in [0.4, 0.5) is 0 Å². The number of nitrogens with one attached hydrogen (secondary N) is 2. The number of likely N-dealkylation sites (N-methyl/N-ethyl adjacent to an activating group) is 1. The van der Waals surface area contributed by atoms with Crippen LogP contribution >= 0.6 is 0 Å². The molecule has 1 aromatic carbocycles. The molecule has 1 aliphatic carbocycles. The molecule has 1 heterocycles. The minimum Gasteiger partial charge on any atom is -0.355 e. The first-order valence-corrected chi connectivity index (χ1v) is 8.36. The molecule has 1 atom stereocenters. The van der Waals surface area contributed by atoms with Crippen LogP contribution in [0, 0.1) is 0 Å². The van der Waals surface area contributed by atoms with Crippen molar-refractivity contribution in [3.05, 3.63) is 47.3 Å². The largest absolute Gasteiger partial charge is 0.355 e. The van der Waals surface area contributed by atoms with Gasteiger partial charge in [-0.15, -0.1) is 0 Å². The lowest BCUT2D eigenvalue weighted by Gasteiger charge is -2.12. The van der Waals surface area contributed by atoms with Gasteiger partial charge in [0.05, 0.1) is 5.69 Å². The summed E-state index contributed by atoms with van der Waals surface area (Å²) in [5, 5.41) is 9.99. The molecule has 6 nitrogen and oxygen atoms in total. The van der Waals surface area contributed by atoms with E-state index in [1.807, 2.05) is 41.9 Å². The van der Waals surface area contributed by atoms with Crippen molar-refractivity contribution >= 4 is 11.8 Å². The molecule has 2 amide bonds. The second-order valence-electron chi connectivity index (χ2n) is 5.96. The second-order valence-corrected chi connectivity index (χ2v) is 5.96. The van der Waals surface area contributed by atoms with Crippen molar-refractivity contribution in [2.24, 2.45) is 0 Å². The lowest BCUT2D eigenvalue weighted by molar-refractivity contribution is -0.122. The van der Waals surface area contributed by atoms with Gasteiger partial charge < -0.3 is 10.6 Å². The Morgan fingerprint density at radius 3 is 2.71 bits per heavy atom. The molecule has 24 heavy (non-hydrogen) atoms. The number of benzene rings is 1. The lowest BCUT2D eigenvalue weighted by Crippen LogP contribution is -2.45. The third-order valence-corrected chi connectivity index (χ3v) is 4.24. The fourth-order valence-corrected chi connectivity index (χ4v) is 3.06. The summed E-state index contributed by atoms with van der Waals surface area (Å²) in [6.45, 7) is 4.06. The van der Waals surface area contributed by atoms with E-state index < -0.39 is 6.04 Å². The number of amides is 2. The fraction of sp³-hybridized carbons (Fsp3) is 0.389. The van der Waals surface area contributed by atoms with Gasteiger partial charge in [0, 0.05) is 17.8 Å². The van der Waals surface area contributed by atoms with Crippen molar-refractivity contribution in [2.45, 2.75) is 39.2 Å². The number of para-hydroxylation sites is 1. The number of carbonyl (C=O) groups excluding carboxylic acids is 2. The normalized spacial score (nSPS) is 14.1. The van der Waals surface area contributed by atoms with Gasteiger partial charge in [-0.05, 0) is 45.2 Å². The van der Waals surface area contributed by atoms with Gasteiger partial charge in [0.1, 0.15) is 6.04 Å². The molecule has 1 aromatic heterocycles. The van der Waals surface area contributed by atoms with Gasteiger partial charge in [0.25, 0.3) is 5.91 Å². The Bertz CT molecular complexity index is 752. The van der Waals surface area contributed by atoms with Gasteiger partial charge in [0.2, 0.25) is 5.91 Å². The number of aromatic nitrogens is 2. The van der Waals surface area contributed by atoms with Crippen molar-refractivity contribution in [3.63, 3.8) is 0 Å². The van der Waals surface area contributed by atoms with E-state index in [1.54, 1.807) is 6.92 Å². The minimum atomic E-state index is -0.587. The highest BCUT2D eigenvalue weighted by Gasteiger charge is 2.28. The van der Waals surface area contributed by atoms with E-state index in [9.17, 15) is 9.59 Å². The molecule has 0 saturated carbocycles. The third kappa shape index (κ3) is 3.04.